The molecule has 3 heterocycles. The van der Waals surface area contributed by atoms with Gasteiger partial charge in [-0.2, -0.15) is 10.1 Å². The molecular weight excluding hydrogens is 456 g/mol. The Bertz CT molecular complexity index is 1230. The van der Waals surface area contributed by atoms with Gasteiger partial charge in [0.1, 0.15) is 0 Å². The van der Waals surface area contributed by atoms with Gasteiger partial charge in [-0.1, -0.05) is 41.9 Å². The molecule has 8 heteroatoms. The van der Waals surface area contributed by atoms with Gasteiger partial charge < -0.3 is 9.64 Å². The highest BCUT2D eigenvalue weighted by molar-refractivity contribution is 8.18. The third-order valence-electron chi connectivity index (χ3n) is 5.47. The first-order chi connectivity index (χ1) is 16.0. The molecule has 0 N–H and O–H groups in total. The first-order valence-electron chi connectivity index (χ1n) is 10.8. The van der Waals surface area contributed by atoms with Gasteiger partial charge in [-0.15, -0.1) is 0 Å². The molecule has 2 aliphatic heterocycles. The molecule has 0 spiro atoms. The van der Waals surface area contributed by atoms with Crippen LogP contribution in [0.1, 0.15) is 19.4 Å². The number of thioether (sulfide) groups is 1. The fraction of sp³-hybridized carbons (Fsp3) is 0.240. The second-order valence-electron chi connectivity index (χ2n) is 8.19. The molecule has 2 aliphatic rings. The largest absolute Gasteiger partial charge is 0.372 e. The highest BCUT2D eigenvalue weighted by atomic mass is 35.5. The lowest BCUT2D eigenvalue weighted by atomic mass is 10.1. The van der Waals surface area contributed by atoms with E-state index in [0.29, 0.717) is 9.93 Å². The quantitative estimate of drug-likeness (QED) is 0.480. The van der Waals surface area contributed by atoms with Gasteiger partial charge in [-0.05, 0) is 56.0 Å². The Morgan fingerprint density at radius 3 is 2.45 bits per heavy atom. The monoisotopic (exact) mass is 478 g/mol. The topological polar surface area (TPSA) is 59.7 Å². The van der Waals surface area contributed by atoms with E-state index in [2.05, 4.69) is 9.89 Å². The van der Waals surface area contributed by atoms with Crippen molar-refractivity contribution in [1.82, 2.24) is 14.7 Å². The number of morpholine rings is 1. The number of carbonyl (C=O) groups excluding carboxylic acids is 1. The number of benzene rings is 2. The molecule has 33 heavy (non-hydrogen) atoms. The summed E-state index contributed by atoms with van der Waals surface area (Å²) < 4.78 is 7.64. The number of hydrogen-bond donors (Lipinski definition) is 0. The van der Waals surface area contributed by atoms with Crippen LogP contribution < -0.4 is 0 Å². The molecule has 0 radical (unpaired) electrons. The standard InChI is InChI=1S/C25H23ClN4O2S/c1-16-13-29(14-17(2)32-16)25-27-24(31)22(33-25)12-19-15-30(21-6-4-3-5-7-21)28-23(19)18-8-10-20(26)11-9-18/h3-12,15-17H,13-14H2,1-2H3. The van der Waals surface area contributed by atoms with Crippen molar-refractivity contribution in [2.75, 3.05) is 13.1 Å². The van der Waals surface area contributed by atoms with Crippen molar-refractivity contribution in [3.63, 3.8) is 0 Å². The van der Waals surface area contributed by atoms with Gasteiger partial charge >= 0.3 is 0 Å². The number of aromatic nitrogens is 2. The fourth-order valence-corrected chi connectivity index (χ4v) is 5.09. The summed E-state index contributed by atoms with van der Waals surface area (Å²) in [7, 11) is 0. The fourth-order valence-electron chi connectivity index (χ4n) is 4.05. The lowest BCUT2D eigenvalue weighted by molar-refractivity contribution is -0.113. The van der Waals surface area contributed by atoms with Crippen molar-refractivity contribution >= 4 is 40.5 Å². The maximum absolute atomic E-state index is 12.8. The van der Waals surface area contributed by atoms with E-state index < -0.39 is 0 Å². The predicted octanol–water partition coefficient (Wildman–Crippen LogP) is 5.27. The number of rotatable bonds is 3. The van der Waals surface area contributed by atoms with Crippen LogP contribution in [0.4, 0.5) is 0 Å². The van der Waals surface area contributed by atoms with Gasteiger partial charge in [0.25, 0.3) is 5.91 Å². The van der Waals surface area contributed by atoms with Crippen molar-refractivity contribution in [2.24, 2.45) is 4.99 Å². The summed E-state index contributed by atoms with van der Waals surface area (Å²) in [5.74, 6) is -0.226. The Balaban J connectivity index is 1.49. The molecule has 5 rings (SSSR count). The van der Waals surface area contributed by atoms with Crippen LogP contribution in [0.5, 0.6) is 0 Å². The molecule has 1 fully saturated rings. The van der Waals surface area contributed by atoms with E-state index in [1.807, 2.05) is 85.4 Å². The van der Waals surface area contributed by atoms with E-state index in [4.69, 9.17) is 21.4 Å². The van der Waals surface area contributed by atoms with Crippen molar-refractivity contribution in [3.05, 3.63) is 76.3 Å². The minimum absolute atomic E-state index is 0.0980. The molecule has 168 valence electrons. The average Bonchev–Trinajstić information content (AvgIpc) is 3.38. The van der Waals surface area contributed by atoms with Gasteiger partial charge in [-0.25, -0.2) is 4.68 Å². The van der Waals surface area contributed by atoms with E-state index in [-0.39, 0.29) is 18.1 Å². The van der Waals surface area contributed by atoms with Crippen molar-refractivity contribution in [3.8, 4) is 16.9 Å². The van der Waals surface area contributed by atoms with Gasteiger partial charge in [-0.3, -0.25) is 4.79 Å². The third kappa shape index (κ3) is 4.76. The second kappa shape index (κ2) is 9.17. The van der Waals surface area contributed by atoms with E-state index in [0.717, 1.165) is 40.8 Å². The Kier molecular flexibility index (Phi) is 6.10. The summed E-state index contributed by atoms with van der Waals surface area (Å²) >= 11 is 7.50. The Labute approximate surface area is 201 Å². The molecule has 0 bridgehead atoms. The van der Waals surface area contributed by atoms with Gasteiger partial charge in [0, 0.05) is 35.4 Å². The average molecular weight is 479 g/mol. The van der Waals surface area contributed by atoms with Crippen LogP contribution in [0, 0.1) is 0 Å². The number of amidine groups is 1. The van der Waals surface area contributed by atoms with Crippen molar-refractivity contribution in [2.45, 2.75) is 26.1 Å². The number of ether oxygens (including phenoxy) is 1. The first-order valence-corrected chi connectivity index (χ1v) is 12.0. The molecule has 2 aromatic carbocycles. The smallest absolute Gasteiger partial charge is 0.286 e. The van der Waals surface area contributed by atoms with Crippen LogP contribution in [0.15, 0.2) is 70.7 Å². The highest BCUT2D eigenvalue weighted by Gasteiger charge is 2.31. The molecule has 1 saturated heterocycles. The zero-order chi connectivity index (χ0) is 22.9. The van der Waals surface area contributed by atoms with Crippen molar-refractivity contribution in [1.29, 1.82) is 0 Å². The Morgan fingerprint density at radius 1 is 1.06 bits per heavy atom. The summed E-state index contributed by atoms with van der Waals surface area (Å²) in [6.45, 7) is 5.52. The van der Waals surface area contributed by atoms with Gasteiger partial charge in [0.05, 0.1) is 28.5 Å². The Hall–Kier alpha value is -2.87. The summed E-state index contributed by atoms with van der Waals surface area (Å²) in [4.78, 5) is 19.8. The van der Waals surface area contributed by atoms with Crippen LogP contribution in [-0.4, -0.2) is 51.1 Å². The summed E-state index contributed by atoms with van der Waals surface area (Å²) in [5.41, 5.74) is 3.49. The van der Waals surface area contributed by atoms with Gasteiger partial charge in [0.2, 0.25) is 0 Å². The van der Waals surface area contributed by atoms with Crippen LogP contribution in [0.2, 0.25) is 5.02 Å². The zero-order valence-corrected chi connectivity index (χ0v) is 19.9. The summed E-state index contributed by atoms with van der Waals surface area (Å²) in [6.07, 6.45) is 4.02. The lowest BCUT2D eigenvalue weighted by Crippen LogP contribution is -2.47. The number of hydrogen-bond acceptors (Lipinski definition) is 5. The maximum atomic E-state index is 12.8. The molecule has 1 amide bonds. The van der Waals surface area contributed by atoms with E-state index in [1.54, 1.807) is 0 Å². The number of amides is 1. The van der Waals surface area contributed by atoms with Crippen LogP contribution >= 0.6 is 23.4 Å². The molecule has 0 aliphatic carbocycles. The molecule has 3 aromatic rings. The Morgan fingerprint density at radius 2 is 1.76 bits per heavy atom. The molecular formula is C25H23ClN4O2S. The number of para-hydroxylation sites is 1. The normalized spacial score (nSPS) is 22.2. The molecule has 2 atom stereocenters. The minimum Gasteiger partial charge on any atom is -0.372 e. The molecule has 0 saturated carbocycles. The van der Waals surface area contributed by atoms with Crippen LogP contribution in [0.3, 0.4) is 0 Å². The van der Waals surface area contributed by atoms with Crippen molar-refractivity contribution < 1.29 is 9.53 Å². The van der Waals surface area contributed by atoms with E-state index in [9.17, 15) is 4.79 Å². The maximum Gasteiger partial charge on any atom is 0.286 e. The van der Waals surface area contributed by atoms with Crippen LogP contribution in [0.25, 0.3) is 23.0 Å². The molecule has 6 nitrogen and oxygen atoms in total. The molecule has 1 aromatic heterocycles. The summed E-state index contributed by atoms with van der Waals surface area (Å²) in [5, 5.41) is 6.22. The van der Waals surface area contributed by atoms with E-state index >= 15 is 0 Å². The minimum atomic E-state index is -0.226. The van der Waals surface area contributed by atoms with Gasteiger partial charge in [0.15, 0.2) is 5.17 Å². The predicted molar refractivity (Wildman–Crippen MR) is 134 cm³/mol. The highest BCUT2D eigenvalue weighted by Crippen LogP contribution is 2.34. The number of carbonyl (C=O) groups is 1. The number of nitrogens with zero attached hydrogens (tertiary/aromatic N) is 4. The summed E-state index contributed by atoms with van der Waals surface area (Å²) in [6, 6.07) is 17.4. The third-order valence-corrected chi connectivity index (χ3v) is 6.76. The number of aliphatic imine (C=N–C) groups is 1. The lowest BCUT2D eigenvalue weighted by Gasteiger charge is -2.35. The SMILES string of the molecule is CC1CN(C2=NC(=O)C(=Cc3cn(-c4ccccc4)nc3-c3ccc(Cl)cc3)S2)CC(C)O1. The zero-order valence-electron chi connectivity index (χ0n) is 18.3. The van der Waals surface area contributed by atoms with E-state index in [1.165, 1.54) is 11.8 Å². The number of halogens is 1. The van der Waals surface area contributed by atoms with Crippen LogP contribution in [-0.2, 0) is 9.53 Å². The first kappa shape index (κ1) is 21.9. The molecule has 2 unspecified atom stereocenters. The second-order valence-corrected chi connectivity index (χ2v) is 9.64.